The molecule has 0 unspecified atom stereocenters. The van der Waals surface area contributed by atoms with Crippen LogP contribution < -0.4 is 5.32 Å². The van der Waals surface area contributed by atoms with Gasteiger partial charge in [-0.2, -0.15) is 0 Å². The minimum Gasteiger partial charge on any atom is -0.396 e. The Morgan fingerprint density at radius 1 is 1.20 bits per heavy atom. The van der Waals surface area contributed by atoms with Gasteiger partial charge in [-0.3, -0.25) is 0 Å². The predicted octanol–water partition coefficient (Wildman–Crippen LogP) is 2.64. The monoisotopic (exact) mass is 282 g/mol. The van der Waals surface area contributed by atoms with Crippen LogP contribution in [-0.4, -0.2) is 48.8 Å². The largest absolute Gasteiger partial charge is 0.396 e. The lowest BCUT2D eigenvalue weighted by molar-refractivity contribution is 0.0847. The highest BCUT2D eigenvalue weighted by Gasteiger charge is 2.36. The summed E-state index contributed by atoms with van der Waals surface area (Å²) >= 11 is 0. The van der Waals surface area contributed by atoms with E-state index in [9.17, 15) is 0 Å². The molecule has 0 aliphatic heterocycles. The van der Waals surface area contributed by atoms with Crippen LogP contribution in [0.1, 0.15) is 58.8 Å². The van der Waals surface area contributed by atoms with E-state index >= 15 is 0 Å². The Balaban J connectivity index is 1.89. The van der Waals surface area contributed by atoms with Gasteiger partial charge in [0, 0.05) is 32.3 Å². The topological polar surface area (TPSA) is 35.5 Å². The molecule has 20 heavy (non-hydrogen) atoms. The van der Waals surface area contributed by atoms with Gasteiger partial charge in [-0.25, -0.2) is 0 Å². The molecule has 3 nitrogen and oxygen atoms in total. The lowest BCUT2D eigenvalue weighted by atomic mass is 9.70. The molecule has 0 radical (unpaired) electrons. The Morgan fingerprint density at radius 2 is 1.90 bits per heavy atom. The van der Waals surface area contributed by atoms with Crippen molar-refractivity contribution in [3.8, 4) is 0 Å². The van der Waals surface area contributed by atoms with Gasteiger partial charge in [0.15, 0.2) is 0 Å². The van der Waals surface area contributed by atoms with E-state index in [0.29, 0.717) is 12.0 Å². The van der Waals surface area contributed by atoms with E-state index in [1.807, 2.05) is 0 Å². The maximum absolute atomic E-state index is 9.06. The molecule has 0 aromatic rings. The highest BCUT2D eigenvalue weighted by atomic mass is 16.3. The van der Waals surface area contributed by atoms with Crippen molar-refractivity contribution in [1.82, 2.24) is 10.2 Å². The minimum atomic E-state index is 0.320. The van der Waals surface area contributed by atoms with Gasteiger partial charge in [-0.1, -0.05) is 26.7 Å². The molecule has 2 N–H and O–H groups in total. The third-order valence-corrected chi connectivity index (χ3v) is 5.32. The zero-order chi connectivity index (χ0) is 14.4. The fraction of sp³-hybridized carbons (Fsp3) is 1.00. The van der Waals surface area contributed by atoms with Crippen LogP contribution in [0.15, 0.2) is 0 Å². The molecule has 0 aromatic carbocycles. The van der Waals surface area contributed by atoms with Gasteiger partial charge in [0.1, 0.15) is 0 Å². The summed E-state index contributed by atoms with van der Waals surface area (Å²) in [6, 6.07) is 0.818. The smallest absolute Gasteiger partial charge is 0.0443 e. The van der Waals surface area contributed by atoms with Crippen LogP contribution in [0.5, 0.6) is 0 Å². The number of rotatable bonds is 9. The van der Waals surface area contributed by atoms with E-state index in [2.05, 4.69) is 24.1 Å². The number of aliphatic hydroxyl groups excluding tert-OH is 1. The second-order valence-corrected chi connectivity index (χ2v) is 7.28. The van der Waals surface area contributed by atoms with E-state index in [1.54, 1.807) is 0 Å². The van der Waals surface area contributed by atoms with Gasteiger partial charge < -0.3 is 15.3 Å². The fourth-order valence-electron chi connectivity index (χ4n) is 3.53. The van der Waals surface area contributed by atoms with Gasteiger partial charge in [0.25, 0.3) is 0 Å². The van der Waals surface area contributed by atoms with Crippen LogP contribution >= 0.6 is 0 Å². The molecular weight excluding hydrogens is 248 g/mol. The van der Waals surface area contributed by atoms with Crippen LogP contribution in [0, 0.1) is 11.3 Å². The van der Waals surface area contributed by atoms with Gasteiger partial charge in [0.05, 0.1) is 0 Å². The molecule has 0 amide bonds. The van der Waals surface area contributed by atoms with Crippen molar-refractivity contribution >= 4 is 0 Å². The molecule has 0 spiro atoms. The lowest BCUT2D eigenvalue weighted by Gasteiger charge is -2.43. The molecule has 2 saturated carbocycles. The maximum atomic E-state index is 9.06. The van der Waals surface area contributed by atoms with Crippen LogP contribution in [0.4, 0.5) is 0 Å². The zero-order valence-electron chi connectivity index (χ0n) is 13.5. The zero-order valence-corrected chi connectivity index (χ0v) is 13.5. The number of aliphatic hydroxyl groups is 1. The normalized spacial score (nSPS) is 30.9. The number of nitrogens with one attached hydrogen (secondary N) is 1. The van der Waals surface area contributed by atoms with Crippen molar-refractivity contribution in [2.75, 3.05) is 32.8 Å². The summed E-state index contributed by atoms with van der Waals surface area (Å²) in [5.74, 6) is 0.913. The average Bonchev–Trinajstić information content (AvgIpc) is 3.28. The van der Waals surface area contributed by atoms with Crippen LogP contribution in [0.2, 0.25) is 0 Å². The van der Waals surface area contributed by atoms with E-state index in [0.717, 1.165) is 31.5 Å². The molecule has 2 fully saturated rings. The number of nitrogens with zero attached hydrogens (tertiary/aromatic N) is 1. The van der Waals surface area contributed by atoms with E-state index < -0.39 is 0 Å². The SMILES string of the molecule is CCN(CCCO)CC1(CNC2CC2)CCC(C)CC1. The summed E-state index contributed by atoms with van der Waals surface area (Å²) in [5.41, 5.74) is 0.487. The molecule has 0 bridgehead atoms. The average molecular weight is 282 g/mol. The highest BCUT2D eigenvalue weighted by molar-refractivity contribution is 4.92. The number of hydrogen-bond acceptors (Lipinski definition) is 3. The fourth-order valence-corrected chi connectivity index (χ4v) is 3.53. The molecular formula is C17H34N2O. The second-order valence-electron chi connectivity index (χ2n) is 7.28. The first kappa shape index (κ1) is 16.3. The molecule has 0 atom stereocenters. The van der Waals surface area contributed by atoms with Crippen molar-refractivity contribution in [2.24, 2.45) is 11.3 Å². The second kappa shape index (κ2) is 7.77. The van der Waals surface area contributed by atoms with Crippen molar-refractivity contribution < 1.29 is 5.11 Å². The molecule has 2 aliphatic carbocycles. The first-order chi connectivity index (χ1) is 9.67. The van der Waals surface area contributed by atoms with Crippen molar-refractivity contribution in [3.05, 3.63) is 0 Å². The van der Waals surface area contributed by atoms with Crippen molar-refractivity contribution in [1.29, 1.82) is 0 Å². The third kappa shape index (κ3) is 5.01. The highest BCUT2D eigenvalue weighted by Crippen LogP contribution is 2.39. The van der Waals surface area contributed by atoms with Crippen LogP contribution in [0.3, 0.4) is 0 Å². The van der Waals surface area contributed by atoms with Gasteiger partial charge in [-0.15, -0.1) is 0 Å². The molecule has 0 saturated heterocycles. The number of hydrogen-bond donors (Lipinski definition) is 2. The molecule has 0 aromatic heterocycles. The minimum absolute atomic E-state index is 0.320. The Kier molecular flexibility index (Phi) is 6.31. The summed E-state index contributed by atoms with van der Waals surface area (Å²) in [5, 5.41) is 12.9. The lowest BCUT2D eigenvalue weighted by Crippen LogP contribution is -2.47. The summed E-state index contributed by atoms with van der Waals surface area (Å²) in [7, 11) is 0. The van der Waals surface area contributed by atoms with Gasteiger partial charge in [0.2, 0.25) is 0 Å². The standard InChI is InChI=1S/C17H34N2O/c1-3-19(11-4-12-20)14-17(13-18-16-5-6-16)9-7-15(2)8-10-17/h15-16,18,20H,3-14H2,1-2H3. The molecule has 3 heteroatoms. The molecule has 0 heterocycles. The van der Waals surface area contributed by atoms with E-state index in [-0.39, 0.29) is 0 Å². The van der Waals surface area contributed by atoms with Gasteiger partial charge in [-0.05, 0) is 50.0 Å². The first-order valence-electron chi connectivity index (χ1n) is 8.74. The molecule has 118 valence electrons. The molecule has 2 rings (SSSR count). The van der Waals surface area contributed by atoms with Crippen molar-refractivity contribution in [2.45, 2.75) is 64.8 Å². The van der Waals surface area contributed by atoms with Crippen LogP contribution in [0.25, 0.3) is 0 Å². The summed E-state index contributed by atoms with van der Waals surface area (Å²) in [6.45, 7) is 9.57. The third-order valence-electron chi connectivity index (χ3n) is 5.32. The Morgan fingerprint density at radius 3 is 2.45 bits per heavy atom. The van der Waals surface area contributed by atoms with Gasteiger partial charge >= 0.3 is 0 Å². The quantitative estimate of drug-likeness (QED) is 0.682. The Bertz CT molecular complexity index is 270. The first-order valence-corrected chi connectivity index (χ1v) is 8.74. The maximum Gasteiger partial charge on any atom is 0.0443 e. The Labute approximate surface area is 125 Å². The summed E-state index contributed by atoms with van der Waals surface area (Å²) in [6.07, 6.45) is 9.22. The Hall–Kier alpha value is -0.120. The summed E-state index contributed by atoms with van der Waals surface area (Å²) < 4.78 is 0. The predicted molar refractivity (Wildman–Crippen MR) is 84.9 cm³/mol. The van der Waals surface area contributed by atoms with E-state index in [1.165, 1.54) is 51.6 Å². The van der Waals surface area contributed by atoms with Crippen molar-refractivity contribution in [3.63, 3.8) is 0 Å². The van der Waals surface area contributed by atoms with Crippen LogP contribution in [-0.2, 0) is 0 Å². The molecule has 2 aliphatic rings. The van der Waals surface area contributed by atoms with E-state index in [4.69, 9.17) is 5.11 Å². The summed E-state index contributed by atoms with van der Waals surface area (Å²) in [4.78, 5) is 2.56.